The van der Waals surface area contributed by atoms with E-state index < -0.39 is 0 Å². The van der Waals surface area contributed by atoms with E-state index in [1.54, 1.807) is 6.07 Å². The normalized spacial score (nSPS) is 20.5. The van der Waals surface area contributed by atoms with E-state index >= 15 is 0 Å². The summed E-state index contributed by atoms with van der Waals surface area (Å²) in [5.41, 5.74) is 1.000. The molecular weight excluding hydrogens is 257 g/mol. The Morgan fingerprint density at radius 3 is 2.94 bits per heavy atom. The highest BCUT2D eigenvalue weighted by molar-refractivity contribution is 6.35. The molecule has 1 aromatic carbocycles. The lowest BCUT2D eigenvalue weighted by atomic mass is 10.0. The van der Waals surface area contributed by atoms with Crippen molar-refractivity contribution >= 4 is 23.2 Å². The zero-order valence-electron chi connectivity index (χ0n) is 9.72. The monoisotopic (exact) mass is 273 g/mol. The SMILES string of the molecule is Clc1ccc(COC[C@@H]2CCCNC2)c(Cl)c1. The van der Waals surface area contributed by atoms with Crippen LogP contribution in [-0.2, 0) is 11.3 Å². The van der Waals surface area contributed by atoms with Crippen LogP contribution in [-0.4, -0.2) is 19.7 Å². The molecule has 0 saturated carbocycles. The van der Waals surface area contributed by atoms with Gasteiger partial charge in [0.05, 0.1) is 13.2 Å². The van der Waals surface area contributed by atoms with Crippen molar-refractivity contribution in [1.82, 2.24) is 5.32 Å². The molecule has 0 unspecified atom stereocenters. The van der Waals surface area contributed by atoms with Gasteiger partial charge >= 0.3 is 0 Å². The van der Waals surface area contributed by atoms with Gasteiger partial charge in [-0.05, 0) is 43.0 Å². The van der Waals surface area contributed by atoms with Crippen LogP contribution in [0, 0.1) is 5.92 Å². The highest BCUT2D eigenvalue weighted by Crippen LogP contribution is 2.22. The second kappa shape index (κ2) is 6.60. The number of rotatable bonds is 4. The van der Waals surface area contributed by atoms with E-state index in [-0.39, 0.29) is 0 Å². The van der Waals surface area contributed by atoms with Crippen molar-refractivity contribution in [2.75, 3.05) is 19.7 Å². The number of piperidine rings is 1. The molecule has 1 fully saturated rings. The molecule has 0 amide bonds. The van der Waals surface area contributed by atoms with Gasteiger partial charge in [0.15, 0.2) is 0 Å². The molecule has 17 heavy (non-hydrogen) atoms. The molecule has 0 spiro atoms. The molecule has 0 bridgehead atoms. The Bertz CT molecular complexity index is 364. The maximum absolute atomic E-state index is 6.07. The average Bonchev–Trinajstić information content (AvgIpc) is 2.33. The Morgan fingerprint density at radius 1 is 1.35 bits per heavy atom. The highest BCUT2D eigenvalue weighted by atomic mass is 35.5. The lowest BCUT2D eigenvalue weighted by Gasteiger charge is -2.22. The van der Waals surface area contributed by atoms with E-state index in [4.69, 9.17) is 27.9 Å². The fraction of sp³-hybridized carbons (Fsp3) is 0.538. The van der Waals surface area contributed by atoms with Crippen molar-refractivity contribution in [3.63, 3.8) is 0 Å². The molecule has 1 N–H and O–H groups in total. The van der Waals surface area contributed by atoms with Gasteiger partial charge in [-0.25, -0.2) is 0 Å². The molecule has 0 aromatic heterocycles. The van der Waals surface area contributed by atoms with Crippen LogP contribution in [0.25, 0.3) is 0 Å². The number of hydrogen-bond acceptors (Lipinski definition) is 2. The first-order chi connectivity index (χ1) is 8.25. The van der Waals surface area contributed by atoms with Gasteiger partial charge in [-0.1, -0.05) is 29.3 Å². The summed E-state index contributed by atoms with van der Waals surface area (Å²) in [5, 5.41) is 4.72. The van der Waals surface area contributed by atoms with Gasteiger partial charge in [-0.2, -0.15) is 0 Å². The van der Waals surface area contributed by atoms with Gasteiger partial charge in [0.25, 0.3) is 0 Å². The Kier molecular flexibility index (Phi) is 5.11. The number of ether oxygens (including phenoxy) is 1. The molecule has 1 aliphatic rings. The second-order valence-corrected chi connectivity index (χ2v) is 5.31. The molecule has 1 aromatic rings. The van der Waals surface area contributed by atoms with E-state index in [2.05, 4.69) is 5.32 Å². The van der Waals surface area contributed by atoms with Gasteiger partial charge in [0, 0.05) is 16.6 Å². The Hall–Kier alpha value is -0.280. The van der Waals surface area contributed by atoms with Gasteiger partial charge < -0.3 is 10.1 Å². The lowest BCUT2D eigenvalue weighted by molar-refractivity contribution is 0.0783. The fourth-order valence-corrected chi connectivity index (χ4v) is 2.50. The summed E-state index contributed by atoms with van der Waals surface area (Å²) >= 11 is 11.9. The van der Waals surface area contributed by atoms with Crippen LogP contribution in [0.4, 0.5) is 0 Å². The summed E-state index contributed by atoms with van der Waals surface area (Å²) in [6, 6.07) is 5.52. The molecule has 2 rings (SSSR count). The standard InChI is InChI=1S/C13H17Cl2NO/c14-12-4-3-11(13(15)6-12)9-17-8-10-2-1-5-16-7-10/h3-4,6,10,16H,1-2,5,7-9H2/t10-/m1/s1. The Morgan fingerprint density at radius 2 is 2.24 bits per heavy atom. The molecule has 0 radical (unpaired) electrons. The largest absolute Gasteiger partial charge is 0.376 e. The number of hydrogen-bond donors (Lipinski definition) is 1. The summed E-state index contributed by atoms with van der Waals surface area (Å²) in [7, 11) is 0. The zero-order valence-corrected chi connectivity index (χ0v) is 11.2. The van der Waals surface area contributed by atoms with Crippen LogP contribution in [0.1, 0.15) is 18.4 Å². The molecule has 1 aliphatic heterocycles. The first kappa shape index (κ1) is 13.2. The summed E-state index contributed by atoms with van der Waals surface area (Å²) in [6.45, 7) is 3.56. The Labute approximate surface area is 112 Å². The van der Waals surface area contributed by atoms with E-state index in [0.29, 0.717) is 22.6 Å². The predicted molar refractivity (Wildman–Crippen MR) is 71.7 cm³/mol. The van der Waals surface area contributed by atoms with Crippen LogP contribution in [0.15, 0.2) is 18.2 Å². The molecule has 94 valence electrons. The summed E-state index contributed by atoms with van der Waals surface area (Å²) in [6.07, 6.45) is 2.50. The minimum Gasteiger partial charge on any atom is -0.376 e. The molecule has 4 heteroatoms. The van der Waals surface area contributed by atoms with Crippen molar-refractivity contribution in [2.24, 2.45) is 5.92 Å². The van der Waals surface area contributed by atoms with Gasteiger partial charge in [-0.15, -0.1) is 0 Å². The third-order valence-electron chi connectivity index (χ3n) is 3.03. The number of benzene rings is 1. The molecule has 1 atom stereocenters. The summed E-state index contributed by atoms with van der Waals surface area (Å²) in [4.78, 5) is 0. The fourth-order valence-electron chi connectivity index (χ4n) is 2.04. The third kappa shape index (κ3) is 4.14. The lowest BCUT2D eigenvalue weighted by Crippen LogP contribution is -2.32. The minimum absolute atomic E-state index is 0.562. The maximum atomic E-state index is 6.07. The van der Waals surface area contributed by atoms with Gasteiger partial charge in [0.2, 0.25) is 0 Å². The predicted octanol–water partition coefficient (Wildman–Crippen LogP) is 3.51. The van der Waals surface area contributed by atoms with Crippen LogP contribution >= 0.6 is 23.2 Å². The van der Waals surface area contributed by atoms with E-state index in [1.165, 1.54) is 12.8 Å². The van der Waals surface area contributed by atoms with Crippen molar-refractivity contribution in [1.29, 1.82) is 0 Å². The van der Waals surface area contributed by atoms with E-state index in [1.807, 2.05) is 12.1 Å². The maximum Gasteiger partial charge on any atom is 0.0731 e. The Balaban J connectivity index is 1.77. The van der Waals surface area contributed by atoms with Crippen molar-refractivity contribution in [3.8, 4) is 0 Å². The molecule has 0 aliphatic carbocycles. The molecule has 1 saturated heterocycles. The quantitative estimate of drug-likeness (QED) is 0.907. The van der Waals surface area contributed by atoms with Gasteiger partial charge in [-0.3, -0.25) is 0 Å². The van der Waals surface area contributed by atoms with Crippen LogP contribution in [0.2, 0.25) is 10.0 Å². The minimum atomic E-state index is 0.562. The van der Waals surface area contributed by atoms with Crippen molar-refractivity contribution < 1.29 is 4.74 Å². The highest BCUT2D eigenvalue weighted by Gasteiger charge is 2.13. The second-order valence-electron chi connectivity index (χ2n) is 4.46. The van der Waals surface area contributed by atoms with Crippen LogP contribution < -0.4 is 5.32 Å². The van der Waals surface area contributed by atoms with E-state index in [0.717, 1.165) is 25.3 Å². The molecule has 1 heterocycles. The third-order valence-corrected chi connectivity index (χ3v) is 3.61. The van der Waals surface area contributed by atoms with Crippen molar-refractivity contribution in [2.45, 2.75) is 19.4 Å². The van der Waals surface area contributed by atoms with Crippen LogP contribution in [0.5, 0.6) is 0 Å². The van der Waals surface area contributed by atoms with Crippen molar-refractivity contribution in [3.05, 3.63) is 33.8 Å². The smallest absolute Gasteiger partial charge is 0.0731 e. The van der Waals surface area contributed by atoms with Gasteiger partial charge in [0.1, 0.15) is 0 Å². The molecule has 2 nitrogen and oxygen atoms in total. The first-order valence-corrected chi connectivity index (χ1v) is 6.73. The summed E-state index contributed by atoms with van der Waals surface area (Å²) in [5.74, 6) is 0.634. The number of halogens is 2. The van der Waals surface area contributed by atoms with E-state index in [9.17, 15) is 0 Å². The topological polar surface area (TPSA) is 21.3 Å². The van der Waals surface area contributed by atoms with Crippen LogP contribution in [0.3, 0.4) is 0 Å². The number of nitrogens with one attached hydrogen (secondary N) is 1. The average molecular weight is 274 g/mol. The molecular formula is C13H17Cl2NO. The summed E-state index contributed by atoms with van der Waals surface area (Å²) < 4.78 is 5.71. The zero-order chi connectivity index (χ0) is 12.1. The first-order valence-electron chi connectivity index (χ1n) is 5.98.